The zero-order valence-corrected chi connectivity index (χ0v) is 13.3. The molecular weight excluding hydrogens is 250 g/mol. The maximum absolute atomic E-state index is 6.03. The van der Waals surface area contributed by atoms with Crippen LogP contribution >= 0.6 is 0 Å². The summed E-state index contributed by atoms with van der Waals surface area (Å²) in [5, 5.41) is 3.61. The average Bonchev–Trinajstić information content (AvgIpc) is 2.45. The number of anilines is 1. The largest absolute Gasteiger partial charge is 0.383 e. The van der Waals surface area contributed by atoms with Gasteiger partial charge in [0.1, 0.15) is 5.82 Å². The van der Waals surface area contributed by atoms with E-state index in [2.05, 4.69) is 31.1 Å². The number of ether oxygens (including phenoxy) is 1. The van der Waals surface area contributed by atoms with E-state index in [1.165, 1.54) is 0 Å². The van der Waals surface area contributed by atoms with Crippen molar-refractivity contribution in [1.29, 1.82) is 0 Å². The Hall–Kier alpha value is -1.13. The predicted molar refractivity (Wildman–Crippen MR) is 84.8 cm³/mol. The number of nitrogens with one attached hydrogen (secondary N) is 1. The number of pyridine rings is 1. The van der Waals surface area contributed by atoms with Crippen LogP contribution in [0.4, 0.5) is 5.82 Å². The van der Waals surface area contributed by atoms with Gasteiger partial charge in [-0.15, -0.1) is 0 Å². The number of nitrogens with zero attached hydrogens (tertiary/aromatic N) is 1. The summed E-state index contributed by atoms with van der Waals surface area (Å²) in [6.07, 6.45) is 4.63. The summed E-state index contributed by atoms with van der Waals surface area (Å²) >= 11 is 0. The van der Waals surface area contributed by atoms with Gasteiger partial charge in [0.15, 0.2) is 0 Å². The molecule has 4 heteroatoms. The Morgan fingerprint density at radius 3 is 2.70 bits per heavy atom. The maximum atomic E-state index is 6.03. The summed E-state index contributed by atoms with van der Waals surface area (Å²) in [4.78, 5) is 4.18. The van der Waals surface area contributed by atoms with Crippen molar-refractivity contribution < 1.29 is 4.74 Å². The summed E-state index contributed by atoms with van der Waals surface area (Å²) in [5.74, 6) is 0.616. The van der Waals surface area contributed by atoms with Gasteiger partial charge in [-0.3, -0.25) is 0 Å². The number of rotatable bonds is 9. The van der Waals surface area contributed by atoms with Gasteiger partial charge in [0.2, 0.25) is 0 Å². The van der Waals surface area contributed by atoms with E-state index in [0.717, 1.165) is 38.0 Å². The van der Waals surface area contributed by atoms with Crippen LogP contribution in [0.1, 0.15) is 46.1 Å². The lowest BCUT2D eigenvalue weighted by molar-refractivity contribution is -0.0549. The van der Waals surface area contributed by atoms with E-state index >= 15 is 0 Å². The van der Waals surface area contributed by atoms with Gasteiger partial charge in [0.25, 0.3) is 0 Å². The smallest absolute Gasteiger partial charge is 0.126 e. The molecule has 1 aromatic heterocycles. The quantitative estimate of drug-likeness (QED) is 0.729. The molecule has 1 heterocycles. The molecule has 2 atom stereocenters. The number of hydrogen-bond acceptors (Lipinski definition) is 4. The van der Waals surface area contributed by atoms with Crippen molar-refractivity contribution in [2.75, 3.05) is 18.9 Å². The third kappa shape index (κ3) is 4.46. The lowest BCUT2D eigenvalue weighted by Crippen LogP contribution is -2.52. The fourth-order valence-electron chi connectivity index (χ4n) is 2.44. The van der Waals surface area contributed by atoms with Gasteiger partial charge in [0, 0.05) is 18.8 Å². The highest BCUT2D eigenvalue weighted by Crippen LogP contribution is 2.24. The molecule has 0 aliphatic heterocycles. The Kier molecular flexibility index (Phi) is 6.96. The van der Waals surface area contributed by atoms with Crippen LogP contribution < -0.4 is 11.1 Å². The molecule has 0 amide bonds. The molecule has 0 aliphatic rings. The molecule has 2 unspecified atom stereocenters. The van der Waals surface area contributed by atoms with Gasteiger partial charge >= 0.3 is 0 Å². The van der Waals surface area contributed by atoms with E-state index in [1.54, 1.807) is 6.20 Å². The number of aromatic nitrogens is 1. The summed E-state index contributed by atoms with van der Waals surface area (Å²) in [6.45, 7) is 10.3. The molecule has 1 rings (SSSR count). The third-order valence-electron chi connectivity index (χ3n) is 3.90. The summed E-state index contributed by atoms with van der Waals surface area (Å²) in [5.41, 5.74) is 6.87. The van der Waals surface area contributed by atoms with Gasteiger partial charge in [-0.05, 0) is 51.3 Å². The van der Waals surface area contributed by atoms with Crippen LogP contribution in [0.2, 0.25) is 0 Å². The number of hydrogen-bond donors (Lipinski definition) is 2. The monoisotopic (exact) mass is 279 g/mol. The minimum absolute atomic E-state index is 0.188. The molecule has 0 spiro atoms. The highest BCUT2D eigenvalue weighted by molar-refractivity contribution is 5.39. The summed E-state index contributed by atoms with van der Waals surface area (Å²) < 4.78 is 6.03. The topological polar surface area (TPSA) is 60.2 Å². The van der Waals surface area contributed by atoms with Crippen molar-refractivity contribution in [3.63, 3.8) is 0 Å². The molecule has 20 heavy (non-hydrogen) atoms. The first kappa shape index (κ1) is 16.9. The van der Waals surface area contributed by atoms with Gasteiger partial charge < -0.3 is 15.8 Å². The van der Waals surface area contributed by atoms with Crippen LogP contribution in [-0.2, 0) is 11.2 Å². The van der Waals surface area contributed by atoms with E-state index in [4.69, 9.17) is 10.5 Å². The fraction of sp³-hybridized carbons (Fsp3) is 0.688. The first-order valence-electron chi connectivity index (χ1n) is 7.64. The molecule has 0 fully saturated rings. The second kappa shape index (κ2) is 8.22. The van der Waals surface area contributed by atoms with Crippen LogP contribution in [0, 0.1) is 0 Å². The molecule has 0 aromatic carbocycles. The fourth-order valence-corrected chi connectivity index (χ4v) is 2.44. The average molecular weight is 279 g/mol. The second-order valence-electron chi connectivity index (χ2n) is 5.36. The molecule has 3 N–H and O–H groups in total. The van der Waals surface area contributed by atoms with Crippen LogP contribution in [0.3, 0.4) is 0 Å². The summed E-state index contributed by atoms with van der Waals surface area (Å²) in [7, 11) is 0. The molecule has 114 valence electrons. The molecular formula is C16H29N3O. The minimum atomic E-state index is -0.188. The molecule has 0 saturated heterocycles. The standard InChI is InChI=1S/C16H29N3O/c1-5-10-18-14(16(4,6-2)20-7-3)12-13-9-8-11-19-15(13)17/h8-9,11,14,18H,5-7,10,12H2,1-4H3,(H2,17,19). The molecule has 0 aliphatic carbocycles. The second-order valence-corrected chi connectivity index (χ2v) is 5.36. The van der Waals surface area contributed by atoms with Gasteiger partial charge in [0.05, 0.1) is 5.60 Å². The van der Waals surface area contributed by atoms with Crippen molar-refractivity contribution in [3.05, 3.63) is 23.9 Å². The normalized spacial score (nSPS) is 15.8. The first-order valence-corrected chi connectivity index (χ1v) is 7.64. The van der Waals surface area contributed by atoms with E-state index in [1.807, 2.05) is 19.1 Å². The summed E-state index contributed by atoms with van der Waals surface area (Å²) in [6, 6.07) is 4.22. The SMILES string of the molecule is CCCNC(Cc1cccnc1N)C(C)(CC)OCC. The molecule has 4 nitrogen and oxygen atoms in total. The maximum Gasteiger partial charge on any atom is 0.126 e. The number of nitrogen functional groups attached to an aromatic ring is 1. The van der Waals surface area contributed by atoms with Gasteiger partial charge in [-0.2, -0.15) is 0 Å². The highest BCUT2D eigenvalue weighted by atomic mass is 16.5. The predicted octanol–water partition coefficient (Wildman–Crippen LogP) is 2.78. The Labute approximate surface area is 123 Å². The molecule has 0 radical (unpaired) electrons. The van der Waals surface area contributed by atoms with Crippen molar-refractivity contribution in [1.82, 2.24) is 10.3 Å². The number of nitrogens with two attached hydrogens (primary N) is 1. The van der Waals surface area contributed by atoms with Crippen molar-refractivity contribution in [3.8, 4) is 0 Å². The van der Waals surface area contributed by atoms with Crippen molar-refractivity contribution in [2.24, 2.45) is 0 Å². The van der Waals surface area contributed by atoms with Crippen molar-refractivity contribution >= 4 is 5.82 Å². The van der Waals surface area contributed by atoms with E-state index in [9.17, 15) is 0 Å². The molecule has 1 aromatic rings. The Bertz CT molecular complexity index is 397. The lowest BCUT2D eigenvalue weighted by atomic mass is 9.88. The Morgan fingerprint density at radius 1 is 1.40 bits per heavy atom. The van der Waals surface area contributed by atoms with E-state index in [-0.39, 0.29) is 11.6 Å². The van der Waals surface area contributed by atoms with Crippen LogP contribution in [0.25, 0.3) is 0 Å². The Morgan fingerprint density at radius 2 is 2.15 bits per heavy atom. The zero-order valence-electron chi connectivity index (χ0n) is 13.3. The van der Waals surface area contributed by atoms with Gasteiger partial charge in [-0.25, -0.2) is 4.98 Å². The van der Waals surface area contributed by atoms with E-state index in [0.29, 0.717) is 5.82 Å². The van der Waals surface area contributed by atoms with Gasteiger partial charge in [-0.1, -0.05) is 19.9 Å². The van der Waals surface area contributed by atoms with E-state index < -0.39 is 0 Å². The Balaban J connectivity index is 2.91. The third-order valence-corrected chi connectivity index (χ3v) is 3.90. The van der Waals surface area contributed by atoms with Crippen molar-refractivity contribution in [2.45, 2.75) is 58.6 Å². The highest BCUT2D eigenvalue weighted by Gasteiger charge is 2.33. The van der Waals surface area contributed by atoms with Crippen LogP contribution in [0.15, 0.2) is 18.3 Å². The first-order chi connectivity index (χ1) is 9.57. The zero-order chi connectivity index (χ0) is 15.0. The molecule has 0 saturated carbocycles. The lowest BCUT2D eigenvalue weighted by Gasteiger charge is -2.37. The van der Waals surface area contributed by atoms with Crippen LogP contribution in [-0.4, -0.2) is 29.8 Å². The van der Waals surface area contributed by atoms with Crippen LogP contribution in [0.5, 0.6) is 0 Å². The minimum Gasteiger partial charge on any atom is -0.383 e. The molecule has 0 bridgehead atoms.